The lowest BCUT2D eigenvalue weighted by Gasteiger charge is -2.08. The molecule has 0 aliphatic rings. The van der Waals surface area contributed by atoms with E-state index in [1.807, 2.05) is 6.92 Å². The molecule has 2 aromatic heterocycles. The van der Waals surface area contributed by atoms with E-state index in [0.29, 0.717) is 10.2 Å². The van der Waals surface area contributed by atoms with Gasteiger partial charge in [-0.25, -0.2) is 4.98 Å². The molecule has 7 heteroatoms. The van der Waals surface area contributed by atoms with Crippen molar-refractivity contribution in [2.24, 2.45) is 0 Å². The maximum absolute atomic E-state index is 10.9. The molecule has 0 amide bonds. The Morgan fingerprint density at radius 2 is 2.22 bits per heavy atom. The van der Waals surface area contributed by atoms with Gasteiger partial charge in [0.25, 0.3) is 0 Å². The number of halogens is 1. The first-order valence-electron chi connectivity index (χ1n) is 5.06. The first kappa shape index (κ1) is 12.4. The van der Waals surface area contributed by atoms with Crippen LogP contribution in [0, 0.1) is 17.0 Å². The third-order valence-electron chi connectivity index (χ3n) is 2.29. The number of hydrogen-bond acceptors (Lipinski definition) is 5. The van der Waals surface area contributed by atoms with Crippen molar-refractivity contribution < 1.29 is 4.92 Å². The molecule has 92 valence electrons. The molecule has 0 atom stereocenters. The second-order valence-corrected chi connectivity index (χ2v) is 4.46. The fourth-order valence-corrected chi connectivity index (χ4v) is 1.73. The summed E-state index contributed by atoms with van der Waals surface area (Å²) in [5, 5.41) is 13.9. The van der Waals surface area contributed by atoms with Crippen LogP contribution in [-0.4, -0.2) is 14.9 Å². The summed E-state index contributed by atoms with van der Waals surface area (Å²) in [7, 11) is 0. The molecule has 1 N–H and O–H groups in total. The molecule has 2 aromatic rings. The van der Waals surface area contributed by atoms with Crippen LogP contribution in [0.25, 0.3) is 0 Å². The van der Waals surface area contributed by atoms with Gasteiger partial charge in [-0.2, -0.15) is 0 Å². The van der Waals surface area contributed by atoms with Gasteiger partial charge in [-0.3, -0.25) is 15.1 Å². The van der Waals surface area contributed by atoms with Gasteiger partial charge < -0.3 is 5.32 Å². The van der Waals surface area contributed by atoms with Crippen LogP contribution in [0.1, 0.15) is 5.69 Å². The quantitative estimate of drug-likeness (QED) is 0.695. The number of aromatic nitrogens is 2. The molecule has 0 fully saturated rings. The Hall–Kier alpha value is -2.02. The third kappa shape index (κ3) is 2.62. The highest BCUT2D eigenvalue weighted by Gasteiger charge is 2.16. The number of nitro groups is 1. The molecule has 0 aliphatic carbocycles. The first-order chi connectivity index (χ1) is 8.58. The number of nitrogens with one attached hydrogen (secondary N) is 1. The van der Waals surface area contributed by atoms with Crippen molar-refractivity contribution in [1.82, 2.24) is 9.97 Å². The van der Waals surface area contributed by atoms with Crippen LogP contribution in [0.2, 0.25) is 0 Å². The number of nitrogens with zero attached hydrogens (tertiary/aromatic N) is 3. The van der Waals surface area contributed by atoms with Crippen molar-refractivity contribution in [3.05, 3.63) is 50.9 Å². The minimum absolute atomic E-state index is 0.0902. The molecule has 0 bridgehead atoms. The summed E-state index contributed by atoms with van der Waals surface area (Å²) in [4.78, 5) is 18.6. The Morgan fingerprint density at radius 1 is 1.44 bits per heavy atom. The third-order valence-corrected chi connectivity index (χ3v) is 2.72. The molecule has 0 aliphatic heterocycles. The van der Waals surface area contributed by atoms with Crippen molar-refractivity contribution >= 4 is 33.1 Å². The number of pyridine rings is 2. The average Bonchev–Trinajstić information content (AvgIpc) is 2.34. The molecule has 0 radical (unpaired) electrons. The van der Waals surface area contributed by atoms with Crippen molar-refractivity contribution in [3.8, 4) is 0 Å². The van der Waals surface area contributed by atoms with Gasteiger partial charge in [0, 0.05) is 22.9 Å². The average molecular weight is 309 g/mol. The van der Waals surface area contributed by atoms with Gasteiger partial charge in [-0.05, 0) is 35.0 Å². The number of rotatable bonds is 3. The van der Waals surface area contributed by atoms with E-state index >= 15 is 0 Å². The lowest BCUT2D eigenvalue weighted by molar-refractivity contribution is -0.384. The molecular weight excluding hydrogens is 300 g/mol. The lowest BCUT2D eigenvalue weighted by Crippen LogP contribution is -2.01. The van der Waals surface area contributed by atoms with Crippen LogP contribution in [-0.2, 0) is 0 Å². The molecule has 18 heavy (non-hydrogen) atoms. The Morgan fingerprint density at radius 3 is 2.89 bits per heavy atom. The van der Waals surface area contributed by atoms with E-state index in [-0.39, 0.29) is 11.5 Å². The van der Waals surface area contributed by atoms with Gasteiger partial charge in [0.2, 0.25) is 5.82 Å². The standard InChI is InChI=1S/C11H9BrN4O2/c1-7-9(3-2-4-13-7)15-11-10(16(17)18)5-8(12)6-14-11/h2-6H,1H3,(H,14,15). The Labute approximate surface area is 111 Å². The zero-order valence-corrected chi connectivity index (χ0v) is 11.0. The van der Waals surface area contributed by atoms with Crippen LogP contribution in [0.3, 0.4) is 0 Å². The van der Waals surface area contributed by atoms with Gasteiger partial charge in [0.1, 0.15) is 0 Å². The van der Waals surface area contributed by atoms with E-state index < -0.39 is 4.92 Å². The summed E-state index contributed by atoms with van der Waals surface area (Å²) in [5.74, 6) is 0.194. The van der Waals surface area contributed by atoms with Crippen molar-refractivity contribution in [3.63, 3.8) is 0 Å². The molecule has 0 spiro atoms. The topological polar surface area (TPSA) is 81.0 Å². The minimum Gasteiger partial charge on any atom is -0.333 e. The van der Waals surface area contributed by atoms with Gasteiger partial charge in [-0.1, -0.05) is 0 Å². The molecule has 0 unspecified atom stereocenters. The second-order valence-electron chi connectivity index (χ2n) is 3.54. The fraction of sp³-hybridized carbons (Fsp3) is 0.0909. The van der Waals surface area contributed by atoms with Crippen molar-refractivity contribution in [2.45, 2.75) is 6.92 Å². The van der Waals surface area contributed by atoms with Gasteiger partial charge >= 0.3 is 5.69 Å². The molecule has 0 saturated carbocycles. The second kappa shape index (κ2) is 5.09. The summed E-state index contributed by atoms with van der Waals surface area (Å²) in [6.45, 7) is 1.81. The summed E-state index contributed by atoms with van der Waals surface area (Å²) in [6, 6.07) is 4.94. The van der Waals surface area contributed by atoms with Gasteiger partial charge in [0.05, 0.1) is 16.3 Å². The van der Waals surface area contributed by atoms with Gasteiger partial charge in [0.15, 0.2) is 0 Å². The molecule has 0 saturated heterocycles. The predicted octanol–water partition coefficient (Wildman–Crippen LogP) is 3.20. The maximum Gasteiger partial charge on any atom is 0.312 e. The smallest absolute Gasteiger partial charge is 0.312 e. The van der Waals surface area contributed by atoms with Crippen LogP contribution >= 0.6 is 15.9 Å². The van der Waals surface area contributed by atoms with Gasteiger partial charge in [-0.15, -0.1) is 0 Å². The van der Waals surface area contributed by atoms with Crippen LogP contribution < -0.4 is 5.32 Å². The Bertz CT molecular complexity index is 603. The van der Waals surface area contributed by atoms with E-state index in [4.69, 9.17) is 0 Å². The zero-order chi connectivity index (χ0) is 13.1. The van der Waals surface area contributed by atoms with E-state index in [2.05, 4.69) is 31.2 Å². The van der Waals surface area contributed by atoms with Crippen LogP contribution in [0.4, 0.5) is 17.2 Å². The summed E-state index contributed by atoms with van der Waals surface area (Å²) < 4.78 is 0.558. The van der Waals surface area contributed by atoms with E-state index in [1.165, 1.54) is 12.3 Å². The highest BCUT2D eigenvalue weighted by molar-refractivity contribution is 9.10. The molecular formula is C11H9BrN4O2. The first-order valence-corrected chi connectivity index (χ1v) is 5.86. The Kier molecular flexibility index (Phi) is 3.52. The number of hydrogen-bond donors (Lipinski definition) is 1. The minimum atomic E-state index is -0.480. The largest absolute Gasteiger partial charge is 0.333 e. The molecule has 0 aromatic carbocycles. The monoisotopic (exact) mass is 308 g/mol. The van der Waals surface area contributed by atoms with E-state index in [9.17, 15) is 10.1 Å². The predicted molar refractivity (Wildman–Crippen MR) is 70.8 cm³/mol. The molecule has 2 rings (SSSR count). The maximum atomic E-state index is 10.9. The number of aryl methyl sites for hydroxylation is 1. The lowest BCUT2D eigenvalue weighted by atomic mass is 10.3. The van der Waals surface area contributed by atoms with E-state index in [1.54, 1.807) is 18.3 Å². The highest BCUT2D eigenvalue weighted by Crippen LogP contribution is 2.28. The van der Waals surface area contributed by atoms with Crippen LogP contribution in [0.5, 0.6) is 0 Å². The number of anilines is 2. The van der Waals surface area contributed by atoms with Crippen molar-refractivity contribution in [2.75, 3.05) is 5.32 Å². The fourth-order valence-electron chi connectivity index (χ4n) is 1.41. The van der Waals surface area contributed by atoms with Crippen molar-refractivity contribution in [1.29, 1.82) is 0 Å². The molecule has 6 nitrogen and oxygen atoms in total. The Balaban J connectivity index is 2.41. The van der Waals surface area contributed by atoms with E-state index in [0.717, 1.165) is 5.69 Å². The summed E-state index contributed by atoms with van der Waals surface area (Å²) in [6.07, 6.45) is 3.16. The normalized spacial score (nSPS) is 10.1. The highest BCUT2D eigenvalue weighted by atomic mass is 79.9. The SMILES string of the molecule is Cc1ncccc1Nc1ncc(Br)cc1[N+](=O)[O-]. The summed E-state index contributed by atoms with van der Waals surface area (Å²) in [5.41, 5.74) is 1.35. The summed E-state index contributed by atoms with van der Waals surface area (Å²) >= 11 is 3.16. The molecule has 2 heterocycles. The zero-order valence-electron chi connectivity index (χ0n) is 9.42. The van der Waals surface area contributed by atoms with Crippen LogP contribution in [0.15, 0.2) is 35.1 Å².